The number of anilines is 1. The topological polar surface area (TPSA) is 50.1 Å². The number of para-hydroxylation sites is 1. The van der Waals surface area contributed by atoms with Crippen molar-refractivity contribution in [3.8, 4) is 0 Å². The van der Waals surface area contributed by atoms with E-state index in [1.807, 2.05) is 12.1 Å². The third-order valence-electron chi connectivity index (χ3n) is 2.04. The third kappa shape index (κ3) is 1.25. The largest absolute Gasteiger partial charge is 0.379 e. The van der Waals surface area contributed by atoms with Gasteiger partial charge in [0.15, 0.2) is 0 Å². The monoisotopic (exact) mass is 179 g/mol. The van der Waals surface area contributed by atoms with Crippen LogP contribution in [0, 0.1) is 5.82 Å². The summed E-state index contributed by atoms with van der Waals surface area (Å²) < 4.78 is 13.2. The van der Waals surface area contributed by atoms with Crippen molar-refractivity contribution in [2.24, 2.45) is 5.84 Å². The van der Waals surface area contributed by atoms with Crippen molar-refractivity contribution in [2.75, 3.05) is 11.9 Å². The first kappa shape index (κ1) is 8.07. The highest BCUT2D eigenvalue weighted by Crippen LogP contribution is 2.27. The van der Waals surface area contributed by atoms with Gasteiger partial charge in [0.2, 0.25) is 0 Å². The number of fused-ring (bicyclic) bond motifs is 1. The SMILES string of the molecule is NNC1=CCNc2c(F)cccc21. The molecule has 4 heteroatoms. The zero-order chi connectivity index (χ0) is 9.26. The lowest BCUT2D eigenvalue weighted by molar-refractivity contribution is 0.629. The highest BCUT2D eigenvalue weighted by molar-refractivity contribution is 5.78. The van der Waals surface area contributed by atoms with Crippen LogP contribution >= 0.6 is 0 Å². The van der Waals surface area contributed by atoms with E-state index in [1.165, 1.54) is 6.07 Å². The number of hydrazine groups is 1. The summed E-state index contributed by atoms with van der Waals surface area (Å²) in [6.07, 6.45) is 1.88. The molecule has 1 aliphatic heterocycles. The van der Waals surface area contributed by atoms with Crippen molar-refractivity contribution in [3.63, 3.8) is 0 Å². The summed E-state index contributed by atoms with van der Waals surface area (Å²) in [5.41, 5.74) is 4.58. The van der Waals surface area contributed by atoms with Crippen LogP contribution in [0.15, 0.2) is 24.3 Å². The van der Waals surface area contributed by atoms with Gasteiger partial charge < -0.3 is 10.7 Å². The van der Waals surface area contributed by atoms with Gasteiger partial charge in [-0.3, -0.25) is 5.84 Å². The van der Waals surface area contributed by atoms with Gasteiger partial charge in [0, 0.05) is 12.1 Å². The molecule has 0 spiro atoms. The van der Waals surface area contributed by atoms with Gasteiger partial charge in [-0.2, -0.15) is 0 Å². The van der Waals surface area contributed by atoms with Gasteiger partial charge in [-0.15, -0.1) is 0 Å². The minimum absolute atomic E-state index is 0.252. The van der Waals surface area contributed by atoms with Crippen LogP contribution in [0.3, 0.4) is 0 Å². The standard InChI is InChI=1S/C9H10FN3/c10-7-3-1-2-6-8(13-11)4-5-12-9(6)7/h1-4,12-13H,5,11H2. The fraction of sp³-hybridized carbons (Fsp3) is 0.111. The van der Waals surface area contributed by atoms with Crippen LogP contribution in [0.4, 0.5) is 10.1 Å². The fourth-order valence-electron chi connectivity index (χ4n) is 1.43. The Hall–Kier alpha value is -1.55. The lowest BCUT2D eigenvalue weighted by Gasteiger charge is -2.18. The van der Waals surface area contributed by atoms with Crippen LogP contribution in [-0.2, 0) is 0 Å². The van der Waals surface area contributed by atoms with Gasteiger partial charge in [0.25, 0.3) is 0 Å². The average molecular weight is 179 g/mol. The van der Waals surface area contributed by atoms with Crippen LogP contribution in [0.25, 0.3) is 5.70 Å². The van der Waals surface area contributed by atoms with Crippen molar-refractivity contribution < 1.29 is 4.39 Å². The second-order valence-corrected chi connectivity index (χ2v) is 2.81. The van der Waals surface area contributed by atoms with E-state index in [-0.39, 0.29) is 5.82 Å². The minimum atomic E-state index is -0.252. The summed E-state index contributed by atoms with van der Waals surface area (Å²) in [5.74, 6) is 5.05. The number of rotatable bonds is 1. The number of benzene rings is 1. The van der Waals surface area contributed by atoms with E-state index in [1.54, 1.807) is 6.07 Å². The molecule has 1 aromatic rings. The maximum absolute atomic E-state index is 13.2. The lowest BCUT2D eigenvalue weighted by Crippen LogP contribution is -2.24. The van der Waals surface area contributed by atoms with Gasteiger partial charge >= 0.3 is 0 Å². The number of nitrogens with one attached hydrogen (secondary N) is 2. The van der Waals surface area contributed by atoms with E-state index in [9.17, 15) is 4.39 Å². The molecule has 0 aliphatic carbocycles. The van der Waals surface area contributed by atoms with Crippen LogP contribution in [0.5, 0.6) is 0 Å². The predicted molar refractivity (Wildman–Crippen MR) is 50.2 cm³/mol. The first-order valence-corrected chi connectivity index (χ1v) is 4.02. The zero-order valence-electron chi connectivity index (χ0n) is 6.97. The smallest absolute Gasteiger partial charge is 0.146 e. The molecule has 0 aromatic heterocycles. The van der Waals surface area contributed by atoms with E-state index in [0.717, 1.165) is 11.3 Å². The summed E-state index contributed by atoms with van der Waals surface area (Å²) >= 11 is 0. The van der Waals surface area contributed by atoms with Gasteiger partial charge in [-0.05, 0) is 12.1 Å². The van der Waals surface area contributed by atoms with Gasteiger partial charge in [-0.25, -0.2) is 4.39 Å². The molecule has 3 nitrogen and oxygen atoms in total. The molecule has 1 aromatic carbocycles. The minimum Gasteiger partial charge on any atom is -0.379 e. The molecule has 0 radical (unpaired) electrons. The molecule has 0 saturated heterocycles. The molecule has 1 heterocycles. The first-order valence-electron chi connectivity index (χ1n) is 4.02. The van der Waals surface area contributed by atoms with E-state index in [4.69, 9.17) is 5.84 Å². The second kappa shape index (κ2) is 3.06. The quantitative estimate of drug-likeness (QED) is 0.446. The van der Waals surface area contributed by atoms with Crippen LogP contribution in [-0.4, -0.2) is 6.54 Å². The molecular weight excluding hydrogens is 169 g/mol. The molecular formula is C9H10FN3. The van der Waals surface area contributed by atoms with E-state index in [2.05, 4.69) is 10.7 Å². The average Bonchev–Trinajstić information content (AvgIpc) is 2.18. The summed E-state index contributed by atoms with van der Waals surface area (Å²) in [7, 11) is 0. The Labute approximate surface area is 75.4 Å². The highest BCUT2D eigenvalue weighted by Gasteiger charge is 2.13. The zero-order valence-corrected chi connectivity index (χ0v) is 6.97. The lowest BCUT2D eigenvalue weighted by atomic mass is 10.1. The van der Waals surface area contributed by atoms with Crippen LogP contribution in [0.1, 0.15) is 5.56 Å². The van der Waals surface area contributed by atoms with E-state index >= 15 is 0 Å². The Morgan fingerprint density at radius 3 is 3.08 bits per heavy atom. The molecule has 0 atom stereocenters. The predicted octanol–water partition coefficient (Wildman–Crippen LogP) is 1.06. The molecule has 0 saturated carbocycles. The molecule has 2 rings (SSSR count). The Kier molecular flexibility index (Phi) is 1.90. The van der Waals surface area contributed by atoms with Crippen molar-refractivity contribution in [1.82, 2.24) is 5.43 Å². The Bertz CT molecular complexity index is 360. The molecule has 0 amide bonds. The molecule has 0 bridgehead atoms. The van der Waals surface area contributed by atoms with E-state index in [0.29, 0.717) is 12.2 Å². The summed E-state index contributed by atoms with van der Waals surface area (Å²) in [4.78, 5) is 0. The maximum atomic E-state index is 13.2. The van der Waals surface area contributed by atoms with Gasteiger partial charge in [0.1, 0.15) is 5.82 Å². The van der Waals surface area contributed by atoms with Gasteiger partial charge in [0.05, 0.1) is 11.4 Å². The van der Waals surface area contributed by atoms with Crippen LogP contribution in [0.2, 0.25) is 0 Å². The fourth-order valence-corrected chi connectivity index (χ4v) is 1.43. The van der Waals surface area contributed by atoms with Crippen molar-refractivity contribution >= 4 is 11.4 Å². The summed E-state index contributed by atoms with van der Waals surface area (Å²) in [5, 5.41) is 2.95. The van der Waals surface area contributed by atoms with Gasteiger partial charge in [-0.1, -0.05) is 12.1 Å². The molecule has 4 N–H and O–H groups in total. The number of halogens is 1. The first-order chi connectivity index (χ1) is 6.33. The molecule has 1 aliphatic rings. The highest BCUT2D eigenvalue weighted by atomic mass is 19.1. The van der Waals surface area contributed by atoms with E-state index < -0.39 is 0 Å². The Balaban J connectivity index is 2.55. The number of hydrogen-bond acceptors (Lipinski definition) is 3. The molecule has 68 valence electrons. The number of hydrogen-bond donors (Lipinski definition) is 3. The molecule has 0 unspecified atom stereocenters. The second-order valence-electron chi connectivity index (χ2n) is 2.81. The molecule has 13 heavy (non-hydrogen) atoms. The van der Waals surface area contributed by atoms with Crippen molar-refractivity contribution in [1.29, 1.82) is 0 Å². The maximum Gasteiger partial charge on any atom is 0.146 e. The third-order valence-corrected chi connectivity index (χ3v) is 2.04. The van der Waals surface area contributed by atoms with Crippen molar-refractivity contribution in [2.45, 2.75) is 0 Å². The number of nitrogens with two attached hydrogens (primary N) is 1. The van der Waals surface area contributed by atoms with Crippen LogP contribution < -0.4 is 16.6 Å². The normalized spacial score (nSPS) is 14.2. The Morgan fingerprint density at radius 1 is 1.46 bits per heavy atom. The summed E-state index contributed by atoms with van der Waals surface area (Å²) in [6, 6.07) is 4.90. The Morgan fingerprint density at radius 2 is 2.31 bits per heavy atom. The molecule has 0 fully saturated rings. The van der Waals surface area contributed by atoms with Crippen molar-refractivity contribution in [3.05, 3.63) is 35.7 Å². The summed E-state index contributed by atoms with van der Waals surface area (Å²) in [6.45, 7) is 0.591.